The van der Waals surface area contributed by atoms with Crippen molar-refractivity contribution in [2.24, 2.45) is 0 Å². The minimum atomic E-state index is -0.419. The van der Waals surface area contributed by atoms with Crippen molar-refractivity contribution in [1.29, 1.82) is 0 Å². The Morgan fingerprint density at radius 3 is 2.75 bits per heavy atom. The molecule has 1 rings (SSSR count). The first-order valence-corrected chi connectivity index (χ1v) is 5.35. The summed E-state index contributed by atoms with van der Waals surface area (Å²) in [6.45, 7) is 3.76. The zero-order valence-corrected chi connectivity index (χ0v) is 9.94. The molecule has 88 valence electrons. The lowest BCUT2D eigenvalue weighted by Gasteiger charge is -2.11. The van der Waals surface area contributed by atoms with Crippen LogP contribution in [0.25, 0.3) is 0 Å². The highest BCUT2D eigenvalue weighted by Gasteiger charge is 2.08. The third-order valence-electron chi connectivity index (χ3n) is 1.91. The van der Waals surface area contributed by atoms with Gasteiger partial charge in [-0.05, 0) is 26.0 Å². The molecule has 2 N–H and O–H groups in total. The Labute approximate surface area is 99.0 Å². The monoisotopic (exact) mass is 244 g/mol. The summed E-state index contributed by atoms with van der Waals surface area (Å²) in [5, 5.41) is 5.48. The highest BCUT2D eigenvalue weighted by atomic mass is 35.5. The van der Waals surface area contributed by atoms with Crippen molar-refractivity contribution in [3.63, 3.8) is 0 Å². The maximum absolute atomic E-state index is 13.3. The van der Waals surface area contributed by atoms with Gasteiger partial charge in [0.1, 0.15) is 5.82 Å². The fraction of sp³-hybridized carbons (Fsp3) is 0.364. The third-order valence-corrected chi connectivity index (χ3v) is 2.26. The van der Waals surface area contributed by atoms with E-state index in [9.17, 15) is 9.18 Å². The largest absolute Gasteiger partial charge is 0.336 e. The van der Waals surface area contributed by atoms with E-state index >= 15 is 0 Å². The smallest absolute Gasteiger partial charge is 0.315 e. The van der Waals surface area contributed by atoms with Gasteiger partial charge < -0.3 is 10.6 Å². The van der Waals surface area contributed by atoms with E-state index < -0.39 is 5.82 Å². The first-order chi connectivity index (χ1) is 7.50. The van der Waals surface area contributed by atoms with Gasteiger partial charge in [0.25, 0.3) is 0 Å². The SMILES string of the molecule is CC(C)NC(=O)NCc1c(F)cccc1Cl. The van der Waals surface area contributed by atoms with Crippen molar-refractivity contribution < 1.29 is 9.18 Å². The third kappa shape index (κ3) is 3.70. The van der Waals surface area contributed by atoms with E-state index in [1.807, 2.05) is 13.8 Å². The fourth-order valence-corrected chi connectivity index (χ4v) is 1.41. The quantitative estimate of drug-likeness (QED) is 0.843. The van der Waals surface area contributed by atoms with Crippen molar-refractivity contribution in [1.82, 2.24) is 10.6 Å². The number of benzene rings is 1. The molecule has 16 heavy (non-hydrogen) atoms. The van der Waals surface area contributed by atoms with Crippen molar-refractivity contribution >= 4 is 17.6 Å². The summed E-state index contributed by atoms with van der Waals surface area (Å²) in [4.78, 5) is 11.3. The van der Waals surface area contributed by atoms with Gasteiger partial charge in [0, 0.05) is 23.2 Å². The van der Waals surface area contributed by atoms with Crippen LogP contribution in [0.5, 0.6) is 0 Å². The molecule has 1 aromatic carbocycles. The van der Waals surface area contributed by atoms with Crippen molar-refractivity contribution in [3.05, 3.63) is 34.6 Å². The fourth-order valence-electron chi connectivity index (χ4n) is 1.18. The summed E-state index contributed by atoms with van der Waals surface area (Å²) in [6, 6.07) is 4.12. The van der Waals surface area contributed by atoms with Crippen LogP contribution in [0.15, 0.2) is 18.2 Å². The van der Waals surface area contributed by atoms with Gasteiger partial charge >= 0.3 is 6.03 Å². The molecule has 0 spiro atoms. The number of hydrogen-bond acceptors (Lipinski definition) is 1. The van der Waals surface area contributed by atoms with E-state index in [1.165, 1.54) is 12.1 Å². The maximum Gasteiger partial charge on any atom is 0.315 e. The van der Waals surface area contributed by atoms with Crippen LogP contribution < -0.4 is 10.6 Å². The topological polar surface area (TPSA) is 41.1 Å². The first kappa shape index (κ1) is 12.8. The van der Waals surface area contributed by atoms with Crippen LogP contribution in [-0.4, -0.2) is 12.1 Å². The standard InChI is InChI=1S/C11H14ClFN2O/c1-7(2)15-11(16)14-6-8-9(12)4-3-5-10(8)13/h3-5,7H,6H2,1-2H3,(H2,14,15,16). The highest BCUT2D eigenvalue weighted by molar-refractivity contribution is 6.31. The second-order valence-corrected chi connectivity index (χ2v) is 4.09. The summed E-state index contributed by atoms with van der Waals surface area (Å²) in [7, 11) is 0. The highest BCUT2D eigenvalue weighted by Crippen LogP contribution is 2.18. The molecule has 3 nitrogen and oxygen atoms in total. The average molecular weight is 245 g/mol. The lowest BCUT2D eigenvalue weighted by molar-refractivity contribution is 0.238. The predicted octanol–water partition coefficient (Wildman–Crippen LogP) is 2.69. The minimum Gasteiger partial charge on any atom is -0.336 e. The molecule has 0 heterocycles. The average Bonchev–Trinajstić information content (AvgIpc) is 2.15. The number of urea groups is 1. The van der Waals surface area contributed by atoms with Crippen LogP contribution in [0.1, 0.15) is 19.4 Å². The Morgan fingerprint density at radius 1 is 1.50 bits per heavy atom. The number of carbonyl (C=O) groups excluding carboxylic acids is 1. The molecule has 0 radical (unpaired) electrons. The van der Waals surface area contributed by atoms with Crippen LogP contribution in [0.4, 0.5) is 9.18 Å². The maximum atomic E-state index is 13.3. The van der Waals surface area contributed by atoms with Crippen LogP contribution in [0, 0.1) is 5.82 Å². The second kappa shape index (κ2) is 5.70. The minimum absolute atomic E-state index is 0.0380. The molecule has 0 unspecified atom stereocenters. The number of halogens is 2. The molecule has 0 aliphatic rings. The van der Waals surface area contributed by atoms with E-state index in [1.54, 1.807) is 6.07 Å². The summed E-state index contributed by atoms with van der Waals surface area (Å²) in [5.41, 5.74) is 0.295. The van der Waals surface area contributed by atoms with Gasteiger partial charge in [-0.1, -0.05) is 17.7 Å². The molecule has 0 bridgehead atoms. The predicted molar refractivity (Wildman–Crippen MR) is 61.9 cm³/mol. The van der Waals surface area contributed by atoms with E-state index in [0.29, 0.717) is 10.6 Å². The Hall–Kier alpha value is -1.29. The van der Waals surface area contributed by atoms with Crippen LogP contribution in [-0.2, 0) is 6.54 Å². The summed E-state index contributed by atoms with van der Waals surface area (Å²) < 4.78 is 13.3. The molecular weight excluding hydrogens is 231 g/mol. The lowest BCUT2D eigenvalue weighted by atomic mass is 10.2. The number of nitrogens with one attached hydrogen (secondary N) is 2. The molecule has 0 aliphatic heterocycles. The van der Waals surface area contributed by atoms with Crippen molar-refractivity contribution in [2.45, 2.75) is 26.4 Å². The molecule has 0 fully saturated rings. The van der Waals surface area contributed by atoms with E-state index in [0.717, 1.165) is 0 Å². The van der Waals surface area contributed by atoms with Crippen LogP contribution in [0.2, 0.25) is 5.02 Å². The Bertz CT molecular complexity index is 362. The summed E-state index contributed by atoms with van der Waals surface area (Å²) >= 11 is 5.81. The van der Waals surface area contributed by atoms with Crippen molar-refractivity contribution in [2.75, 3.05) is 0 Å². The molecule has 5 heteroatoms. The van der Waals surface area contributed by atoms with Gasteiger partial charge in [0.15, 0.2) is 0 Å². The molecule has 1 aromatic rings. The zero-order valence-electron chi connectivity index (χ0n) is 9.18. The molecule has 0 aromatic heterocycles. The van der Waals surface area contributed by atoms with Gasteiger partial charge in [0.05, 0.1) is 0 Å². The van der Waals surface area contributed by atoms with Gasteiger partial charge in [-0.25, -0.2) is 9.18 Å². The molecule has 0 saturated heterocycles. The Morgan fingerprint density at radius 2 is 2.19 bits per heavy atom. The first-order valence-electron chi connectivity index (χ1n) is 4.98. The van der Waals surface area contributed by atoms with Gasteiger partial charge in [0.2, 0.25) is 0 Å². The van der Waals surface area contributed by atoms with Crippen molar-refractivity contribution in [3.8, 4) is 0 Å². The molecule has 0 saturated carbocycles. The zero-order chi connectivity index (χ0) is 12.1. The van der Waals surface area contributed by atoms with E-state index in [-0.39, 0.29) is 18.6 Å². The van der Waals surface area contributed by atoms with Crippen LogP contribution in [0.3, 0.4) is 0 Å². The Kier molecular flexibility index (Phi) is 4.55. The van der Waals surface area contributed by atoms with Crippen LogP contribution >= 0.6 is 11.6 Å². The summed E-state index contributed by atoms with van der Waals surface area (Å²) in [5.74, 6) is -0.419. The lowest BCUT2D eigenvalue weighted by Crippen LogP contribution is -2.39. The molecule has 2 amide bonds. The molecule has 0 aliphatic carbocycles. The number of carbonyl (C=O) groups is 1. The normalized spacial score (nSPS) is 10.3. The number of hydrogen-bond donors (Lipinski definition) is 2. The van der Waals surface area contributed by atoms with E-state index in [2.05, 4.69) is 10.6 Å². The van der Waals surface area contributed by atoms with Gasteiger partial charge in [-0.3, -0.25) is 0 Å². The summed E-state index contributed by atoms with van der Waals surface area (Å²) in [6.07, 6.45) is 0. The molecule has 0 atom stereocenters. The molecular formula is C11H14ClFN2O. The number of rotatable bonds is 3. The van der Waals surface area contributed by atoms with Gasteiger partial charge in [-0.2, -0.15) is 0 Å². The van der Waals surface area contributed by atoms with Gasteiger partial charge in [-0.15, -0.1) is 0 Å². The second-order valence-electron chi connectivity index (χ2n) is 3.68. The number of amides is 2. The van der Waals surface area contributed by atoms with E-state index in [4.69, 9.17) is 11.6 Å². The Balaban J connectivity index is 2.58.